The first-order chi connectivity index (χ1) is 17.4. The van der Waals surface area contributed by atoms with E-state index in [0.717, 1.165) is 23.1 Å². The van der Waals surface area contributed by atoms with Crippen LogP contribution in [0.4, 0.5) is 0 Å². The van der Waals surface area contributed by atoms with Crippen LogP contribution in [0.25, 0.3) is 10.9 Å². The Morgan fingerprint density at radius 3 is 2.72 bits per heavy atom. The minimum Gasteiger partial charge on any atom is -0.468 e. The molecule has 0 saturated carbocycles. The number of fused-ring (bicyclic) bond motifs is 1. The number of H-pyrrole nitrogens is 1. The number of carbonyl (C=O) groups is 1. The Bertz CT molecular complexity index is 1360. The Kier molecular flexibility index (Phi) is 7.94. The van der Waals surface area contributed by atoms with Crippen LogP contribution in [0.3, 0.4) is 0 Å². The second-order valence-corrected chi connectivity index (χ2v) is 9.07. The summed E-state index contributed by atoms with van der Waals surface area (Å²) >= 11 is 0. The highest BCUT2D eigenvalue weighted by Gasteiger charge is 2.31. The van der Waals surface area contributed by atoms with Gasteiger partial charge in [-0.2, -0.15) is 0 Å². The molecule has 190 valence electrons. The van der Waals surface area contributed by atoms with Crippen LogP contribution < -0.4 is 5.56 Å². The molecule has 1 atom stereocenters. The van der Waals surface area contributed by atoms with Gasteiger partial charge in [0.15, 0.2) is 5.82 Å². The zero-order valence-corrected chi connectivity index (χ0v) is 21.1. The average molecular weight is 493 g/mol. The van der Waals surface area contributed by atoms with E-state index in [1.165, 1.54) is 10.2 Å². The highest BCUT2D eigenvalue weighted by molar-refractivity contribution is 5.79. The number of furan rings is 1. The maximum atomic E-state index is 13.1. The summed E-state index contributed by atoms with van der Waals surface area (Å²) in [4.78, 5) is 30.4. The number of esters is 1. The van der Waals surface area contributed by atoms with E-state index in [1.54, 1.807) is 13.2 Å². The minimum atomic E-state index is -0.413. The molecule has 0 saturated heterocycles. The van der Waals surface area contributed by atoms with Gasteiger partial charge in [0.05, 0.1) is 25.5 Å². The molecule has 36 heavy (non-hydrogen) atoms. The number of rotatable bonds is 11. The van der Waals surface area contributed by atoms with E-state index in [-0.39, 0.29) is 30.7 Å². The summed E-state index contributed by atoms with van der Waals surface area (Å²) in [6, 6.07) is 11.4. The van der Waals surface area contributed by atoms with Crippen molar-refractivity contribution in [2.24, 2.45) is 5.92 Å². The fourth-order valence-electron chi connectivity index (χ4n) is 4.46. The van der Waals surface area contributed by atoms with Crippen molar-refractivity contribution in [2.45, 2.75) is 59.8 Å². The first-order valence-corrected chi connectivity index (χ1v) is 12.2. The summed E-state index contributed by atoms with van der Waals surface area (Å²) in [5.74, 6) is 0.910. The third kappa shape index (κ3) is 5.71. The number of carbonyl (C=O) groups excluding carboxylic acids is 1. The van der Waals surface area contributed by atoms with Crippen LogP contribution in [0.2, 0.25) is 0 Å². The van der Waals surface area contributed by atoms with Crippen LogP contribution in [-0.2, 0) is 35.6 Å². The number of ether oxygens (including phenoxy) is 1. The number of nitrogens with one attached hydrogen (secondary N) is 1. The van der Waals surface area contributed by atoms with Crippen LogP contribution in [0.5, 0.6) is 0 Å². The number of hydrogen-bond donors (Lipinski definition) is 1. The summed E-state index contributed by atoms with van der Waals surface area (Å²) in [5, 5.41) is 13.1. The quantitative estimate of drug-likeness (QED) is 0.315. The standard InChI is InChI=1S/C26H32N6O4/c1-5-18-9-10-22-19(12-18)13-20(26(34)27-22)14-31(15-21-8-7-11-36-21)24(17(3)4)25-28-29-30-32(25)16-23(33)35-6-2/h7-13,17,24H,5-6,14-16H2,1-4H3,(H,27,34). The van der Waals surface area contributed by atoms with Crippen molar-refractivity contribution >= 4 is 16.9 Å². The lowest BCUT2D eigenvalue weighted by Crippen LogP contribution is -2.35. The number of hydrogen-bond acceptors (Lipinski definition) is 8. The topological polar surface area (TPSA) is 119 Å². The predicted molar refractivity (Wildman–Crippen MR) is 134 cm³/mol. The van der Waals surface area contributed by atoms with E-state index in [2.05, 4.69) is 52.2 Å². The molecule has 1 aromatic carbocycles. The third-order valence-corrected chi connectivity index (χ3v) is 6.14. The summed E-state index contributed by atoms with van der Waals surface area (Å²) in [6.45, 7) is 8.91. The Balaban J connectivity index is 1.74. The van der Waals surface area contributed by atoms with Crippen molar-refractivity contribution < 1.29 is 13.9 Å². The van der Waals surface area contributed by atoms with E-state index < -0.39 is 5.97 Å². The lowest BCUT2D eigenvalue weighted by atomic mass is 10.00. The molecule has 0 aliphatic heterocycles. The normalized spacial score (nSPS) is 12.5. The molecule has 4 rings (SSSR count). The molecule has 0 amide bonds. The molecule has 1 unspecified atom stereocenters. The molecule has 4 aromatic rings. The summed E-state index contributed by atoms with van der Waals surface area (Å²) in [7, 11) is 0. The number of tetrazole rings is 1. The number of nitrogens with zero attached hydrogens (tertiary/aromatic N) is 5. The Labute approximate surface area is 209 Å². The first-order valence-electron chi connectivity index (χ1n) is 12.2. The highest BCUT2D eigenvalue weighted by Crippen LogP contribution is 2.30. The summed E-state index contributed by atoms with van der Waals surface area (Å²) in [6.07, 6.45) is 2.53. The van der Waals surface area contributed by atoms with Crippen LogP contribution in [0.15, 0.2) is 51.9 Å². The Morgan fingerprint density at radius 1 is 1.19 bits per heavy atom. The highest BCUT2D eigenvalue weighted by atomic mass is 16.5. The molecule has 3 heterocycles. The molecular weight excluding hydrogens is 460 g/mol. The Morgan fingerprint density at radius 2 is 2.03 bits per heavy atom. The summed E-state index contributed by atoms with van der Waals surface area (Å²) < 4.78 is 12.2. The molecule has 0 spiro atoms. The molecule has 0 aliphatic carbocycles. The second-order valence-electron chi connectivity index (χ2n) is 9.07. The average Bonchev–Trinajstić information content (AvgIpc) is 3.52. The van der Waals surface area contributed by atoms with Crippen molar-refractivity contribution in [1.82, 2.24) is 30.1 Å². The van der Waals surface area contributed by atoms with Crippen molar-refractivity contribution in [2.75, 3.05) is 6.61 Å². The molecule has 3 aromatic heterocycles. The van der Waals surface area contributed by atoms with E-state index in [1.807, 2.05) is 30.3 Å². The predicted octanol–water partition coefficient (Wildman–Crippen LogP) is 3.63. The van der Waals surface area contributed by atoms with Gasteiger partial charge in [0.25, 0.3) is 5.56 Å². The molecule has 0 radical (unpaired) electrons. The van der Waals surface area contributed by atoms with Gasteiger partial charge >= 0.3 is 5.97 Å². The van der Waals surface area contributed by atoms with Gasteiger partial charge in [0.1, 0.15) is 12.3 Å². The zero-order chi connectivity index (χ0) is 25.7. The van der Waals surface area contributed by atoms with Gasteiger partial charge in [-0.3, -0.25) is 14.5 Å². The van der Waals surface area contributed by atoms with Gasteiger partial charge in [-0.1, -0.05) is 26.8 Å². The van der Waals surface area contributed by atoms with Gasteiger partial charge in [0, 0.05) is 17.6 Å². The maximum Gasteiger partial charge on any atom is 0.327 e. The molecule has 0 aliphatic rings. The fraction of sp³-hybridized carbons (Fsp3) is 0.423. The largest absolute Gasteiger partial charge is 0.468 e. The second kappa shape index (κ2) is 11.3. The van der Waals surface area contributed by atoms with Gasteiger partial charge < -0.3 is 14.1 Å². The van der Waals surface area contributed by atoms with E-state index in [9.17, 15) is 9.59 Å². The third-order valence-electron chi connectivity index (χ3n) is 6.14. The van der Waals surface area contributed by atoms with E-state index in [0.29, 0.717) is 24.5 Å². The summed E-state index contributed by atoms with van der Waals surface area (Å²) in [5.41, 5.74) is 2.48. The van der Waals surface area contributed by atoms with E-state index in [4.69, 9.17) is 9.15 Å². The zero-order valence-electron chi connectivity index (χ0n) is 21.1. The van der Waals surface area contributed by atoms with E-state index >= 15 is 0 Å². The number of pyridine rings is 1. The van der Waals surface area contributed by atoms with Gasteiger partial charge in [-0.15, -0.1) is 5.10 Å². The van der Waals surface area contributed by atoms with Crippen molar-refractivity contribution in [3.63, 3.8) is 0 Å². The molecule has 0 fully saturated rings. The van der Waals surface area contributed by atoms with Crippen molar-refractivity contribution in [1.29, 1.82) is 0 Å². The van der Waals surface area contributed by atoms with Crippen molar-refractivity contribution in [3.05, 3.63) is 75.7 Å². The number of aromatic nitrogens is 5. The maximum absolute atomic E-state index is 13.1. The van der Waals surface area contributed by atoms with Crippen LogP contribution in [0.1, 0.15) is 56.4 Å². The minimum absolute atomic E-state index is 0.0538. The number of aryl methyl sites for hydroxylation is 1. The Hall–Kier alpha value is -3.79. The molecular formula is C26H32N6O4. The molecule has 10 nitrogen and oxygen atoms in total. The first kappa shape index (κ1) is 25.3. The monoisotopic (exact) mass is 492 g/mol. The smallest absolute Gasteiger partial charge is 0.327 e. The molecule has 0 bridgehead atoms. The van der Waals surface area contributed by atoms with Crippen LogP contribution >= 0.6 is 0 Å². The lowest BCUT2D eigenvalue weighted by molar-refractivity contribution is -0.144. The number of aromatic amines is 1. The molecule has 10 heteroatoms. The van der Waals surface area contributed by atoms with Crippen molar-refractivity contribution in [3.8, 4) is 0 Å². The SMILES string of the molecule is CCOC(=O)Cn1nnnc1C(C(C)C)N(Cc1ccco1)Cc1cc2cc(CC)ccc2[nH]c1=O. The van der Waals surface area contributed by atoms with Gasteiger partial charge in [-0.25, -0.2) is 4.68 Å². The fourth-order valence-corrected chi connectivity index (χ4v) is 4.46. The van der Waals surface area contributed by atoms with Crippen LogP contribution in [0, 0.1) is 5.92 Å². The number of benzene rings is 1. The van der Waals surface area contributed by atoms with Gasteiger partial charge in [-0.05, 0) is 71.0 Å². The van der Waals surface area contributed by atoms with Gasteiger partial charge in [0.2, 0.25) is 0 Å². The lowest BCUT2D eigenvalue weighted by Gasteiger charge is -2.32. The van der Waals surface area contributed by atoms with Crippen LogP contribution in [-0.4, -0.2) is 42.7 Å². The molecule has 1 N–H and O–H groups in total.